The van der Waals surface area contributed by atoms with Crippen molar-refractivity contribution in [3.8, 4) is 5.75 Å². The average Bonchev–Trinajstić information content (AvgIpc) is 3.29. The maximum absolute atomic E-state index is 13.2. The Labute approximate surface area is 209 Å². The third kappa shape index (κ3) is 4.93. The van der Waals surface area contributed by atoms with E-state index in [1.165, 1.54) is 18.9 Å². The fraction of sp³-hybridized carbons (Fsp3) is 0.440. The number of allylic oxidation sites excluding steroid dienone is 1. The molecule has 1 aromatic rings. The van der Waals surface area contributed by atoms with E-state index in [1.807, 2.05) is 41.5 Å². The van der Waals surface area contributed by atoms with Crippen LogP contribution >= 0.6 is 11.8 Å². The van der Waals surface area contributed by atoms with Crippen molar-refractivity contribution in [2.45, 2.75) is 32.7 Å². The summed E-state index contributed by atoms with van der Waals surface area (Å²) in [5, 5.41) is 2.66. The lowest BCUT2D eigenvalue weighted by Gasteiger charge is -2.38. The number of nitrogens with zero attached hydrogens (tertiary/aromatic N) is 4. The van der Waals surface area contributed by atoms with Gasteiger partial charge in [0.25, 0.3) is 0 Å². The molecule has 35 heavy (non-hydrogen) atoms. The van der Waals surface area contributed by atoms with Gasteiger partial charge in [-0.3, -0.25) is 9.59 Å². The highest BCUT2D eigenvalue weighted by Crippen LogP contribution is 2.46. The topological polar surface area (TPSA) is 91.8 Å². The van der Waals surface area contributed by atoms with Gasteiger partial charge in [-0.05, 0) is 29.5 Å². The highest BCUT2D eigenvalue weighted by Gasteiger charge is 2.42. The number of thioether (sulfide) groups is 1. The van der Waals surface area contributed by atoms with Crippen LogP contribution in [0.5, 0.6) is 5.75 Å². The normalized spacial score (nSPS) is 19.8. The molecule has 0 aliphatic carbocycles. The number of amides is 2. The van der Waals surface area contributed by atoms with Crippen molar-refractivity contribution in [3.05, 3.63) is 52.2 Å². The maximum atomic E-state index is 13.2. The molecule has 1 unspecified atom stereocenters. The molecule has 0 aromatic heterocycles. The number of carbonyl (C=O) groups excluding carboxylic acids is 3. The summed E-state index contributed by atoms with van der Waals surface area (Å²) in [5.74, 6) is 0.234. The summed E-state index contributed by atoms with van der Waals surface area (Å²) >= 11 is 1.45. The number of amidine groups is 1. The zero-order valence-electron chi connectivity index (χ0n) is 20.4. The first kappa shape index (κ1) is 24.8. The van der Waals surface area contributed by atoms with Gasteiger partial charge in [0.1, 0.15) is 5.75 Å². The van der Waals surface area contributed by atoms with Gasteiger partial charge >= 0.3 is 5.97 Å². The van der Waals surface area contributed by atoms with Crippen LogP contribution in [0.3, 0.4) is 0 Å². The average molecular weight is 499 g/mol. The Hall–Kier alpha value is -3.27. The smallest absolute Gasteiger partial charge is 0.338 e. The van der Waals surface area contributed by atoms with Crippen LogP contribution in [-0.4, -0.2) is 78.0 Å². The first-order valence-electron chi connectivity index (χ1n) is 11.6. The van der Waals surface area contributed by atoms with Crippen molar-refractivity contribution in [3.63, 3.8) is 0 Å². The van der Waals surface area contributed by atoms with Crippen LogP contribution in [0.1, 0.15) is 38.3 Å². The molecule has 3 aliphatic rings. The molecule has 1 saturated heterocycles. The number of benzene rings is 1. The second-order valence-corrected chi connectivity index (χ2v) is 9.28. The molecule has 0 bridgehead atoms. The van der Waals surface area contributed by atoms with Crippen molar-refractivity contribution < 1.29 is 23.9 Å². The number of carbonyl (C=O) groups is 3. The Morgan fingerprint density at radius 1 is 1.11 bits per heavy atom. The summed E-state index contributed by atoms with van der Waals surface area (Å²) < 4.78 is 10.6. The van der Waals surface area contributed by atoms with Crippen LogP contribution in [0.25, 0.3) is 0 Å². The molecule has 1 aromatic carbocycles. The predicted molar refractivity (Wildman–Crippen MR) is 133 cm³/mol. The van der Waals surface area contributed by atoms with Crippen LogP contribution in [-0.2, 0) is 19.1 Å². The number of piperazine rings is 1. The van der Waals surface area contributed by atoms with Crippen LogP contribution in [0.4, 0.5) is 0 Å². The number of hydrogen-bond acceptors (Lipinski definition) is 8. The van der Waals surface area contributed by atoms with Gasteiger partial charge in [-0.25, -0.2) is 9.79 Å². The Morgan fingerprint density at radius 2 is 1.83 bits per heavy atom. The molecule has 0 radical (unpaired) electrons. The van der Waals surface area contributed by atoms with Crippen molar-refractivity contribution in [2.24, 2.45) is 4.99 Å². The SMILES string of the molecule is CCC1=C(C(=O)OC)C(c2cccc(OC)c2)N2C(CC(=O)N3CCN(C(C)=O)CC3)=CSC2=N1. The van der Waals surface area contributed by atoms with E-state index < -0.39 is 12.0 Å². The standard InChI is InChI=1S/C25H30N4O5S/c1-5-20-22(24(32)34-4)23(17-7-6-8-19(13-17)33-3)29-18(15-35-25(29)26-20)14-21(31)28-11-9-27(10-12-28)16(2)30/h6-8,13,15,23H,5,9-12,14H2,1-4H3. The van der Waals surface area contributed by atoms with Crippen molar-refractivity contribution >= 4 is 34.7 Å². The van der Waals surface area contributed by atoms with E-state index in [0.29, 0.717) is 49.6 Å². The summed E-state index contributed by atoms with van der Waals surface area (Å²) in [5.41, 5.74) is 2.75. The van der Waals surface area contributed by atoms with Crippen molar-refractivity contribution in [1.82, 2.24) is 14.7 Å². The number of ether oxygens (including phenoxy) is 2. The minimum atomic E-state index is -0.497. The summed E-state index contributed by atoms with van der Waals surface area (Å²) in [6.45, 7) is 5.59. The largest absolute Gasteiger partial charge is 0.497 e. The summed E-state index contributed by atoms with van der Waals surface area (Å²) in [7, 11) is 2.97. The predicted octanol–water partition coefficient (Wildman–Crippen LogP) is 2.91. The van der Waals surface area contributed by atoms with E-state index in [-0.39, 0.29) is 18.2 Å². The Bertz CT molecular complexity index is 1120. The van der Waals surface area contributed by atoms with Crippen molar-refractivity contribution in [1.29, 1.82) is 0 Å². The lowest BCUT2D eigenvalue weighted by Crippen LogP contribution is -2.50. The number of hydrogen-bond donors (Lipinski definition) is 0. The van der Waals surface area contributed by atoms with Gasteiger partial charge in [0.15, 0.2) is 5.17 Å². The number of esters is 1. The summed E-state index contributed by atoms with van der Waals surface area (Å²) in [4.78, 5) is 48.1. The number of methoxy groups -OCH3 is 2. The summed E-state index contributed by atoms with van der Waals surface area (Å²) in [6, 6.07) is 7.07. The minimum Gasteiger partial charge on any atom is -0.497 e. The van der Waals surface area contributed by atoms with E-state index in [0.717, 1.165) is 16.4 Å². The Morgan fingerprint density at radius 3 is 2.46 bits per heavy atom. The van der Waals surface area contributed by atoms with Gasteiger partial charge in [-0.2, -0.15) is 0 Å². The number of aliphatic imine (C=N–C) groups is 1. The molecule has 3 heterocycles. The molecular formula is C25H30N4O5S. The minimum absolute atomic E-state index is 0.0180. The second kappa shape index (κ2) is 10.6. The van der Waals surface area contributed by atoms with Crippen molar-refractivity contribution in [2.75, 3.05) is 40.4 Å². The Kier molecular flexibility index (Phi) is 7.49. The molecule has 186 valence electrons. The molecule has 3 aliphatic heterocycles. The van der Waals surface area contributed by atoms with Crippen LogP contribution in [0.2, 0.25) is 0 Å². The molecule has 9 nitrogen and oxygen atoms in total. The quantitative estimate of drug-likeness (QED) is 0.557. The first-order valence-corrected chi connectivity index (χ1v) is 12.5. The van der Waals surface area contributed by atoms with E-state index in [9.17, 15) is 14.4 Å². The maximum Gasteiger partial charge on any atom is 0.338 e. The van der Waals surface area contributed by atoms with E-state index in [4.69, 9.17) is 14.5 Å². The third-order valence-corrected chi connectivity index (χ3v) is 7.34. The van der Waals surface area contributed by atoms with Gasteiger partial charge in [0, 0.05) is 38.8 Å². The van der Waals surface area contributed by atoms with Gasteiger partial charge < -0.3 is 24.2 Å². The van der Waals surface area contributed by atoms with Crippen LogP contribution in [0.15, 0.2) is 51.6 Å². The van der Waals surface area contributed by atoms with Crippen LogP contribution in [0, 0.1) is 0 Å². The second-order valence-electron chi connectivity index (χ2n) is 8.44. The molecule has 1 atom stereocenters. The Balaban J connectivity index is 1.65. The zero-order valence-corrected chi connectivity index (χ0v) is 21.3. The van der Waals surface area contributed by atoms with Gasteiger partial charge in [-0.1, -0.05) is 30.8 Å². The highest BCUT2D eigenvalue weighted by atomic mass is 32.2. The lowest BCUT2D eigenvalue weighted by molar-refractivity contribution is -0.138. The monoisotopic (exact) mass is 498 g/mol. The molecule has 0 N–H and O–H groups in total. The molecular weight excluding hydrogens is 468 g/mol. The molecule has 2 amide bonds. The van der Waals surface area contributed by atoms with Gasteiger partial charge in [0.2, 0.25) is 11.8 Å². The zero-order chi connectivity index (χ0) is 25.1. The highest BCUT2D eigenvalue weighted by molar-refractivity contribution is 8.16. The molecule has 4 rings (SSSR count). The molecule has 1 fully saturated rings. The van der Waals surface area contributed by atoms with Gasteiger partial charge in [-0.15, -0.1) is 0 Å². The van der Waals surface area contributed by atoms with Gasteiger partial charge in [0.05, 0.1) is 38.0 Å². The lowest BCUT2D eigenvalue weighted by atomic mass is 9.92. The van der Waals surface area contributed by atoms with Crippen LogP contribution < -0.4 is 4.74 Å². The molecule has 0 spiro atoms. The molecule has 10 heteroatoms. The van der Waals surface area contributed by atoms with E-state index in [2.05, 4.69) is 0 Å². The van der Waals surface area contributed by atoms with E-state index in [1.54, 1.807) is 23.8 Å². The molecule has 0 saturated carbocycles. The van der Waals surface area contributed by atoms with E-state index >= 15 is 0 Å². The fourth-order valence-corrected chi connectivity index (χ4v) is 5.51. The summed E-state index contributed by atoms with van der Waals surface area (Å²) in [6.07, 6.45) is 0.736. The third-order valence-electron chi connectivity index (χ3n) is 6.45. The fourth-order valence-electron chi connectivity index (χ4n) is 4.58. The number of fused-ring (bicyclic) bond motifs is 1. The number of rotatable bonds is 6. The first-order chi connectivity index (χ1) is 16.9.